The molecule has 0 saturated heterocycles. The van der Waals surface area contributed by atoms with Gasteiger partial charge in [0.05, 0.1) is 6.10 Å². The Bertz CT molecular complexity index is 499. The van der Waals surface area contributed by atoms with Gasteiger partial charge in [0.2, 0.25) is 0 Å². The predicted octanol–water partition coefficient (Wildman–Crippen LogP) is 4.32. The maximum absolute atomic E-state index is 12.5. The van der Waals surface area contributed by atoms with Gasteiger partial charge in [-0.3, -0.25) is 4.79 Å². The first-order valence-corrected chi connectivity index (χ1v) is 8.05. The molecule has 1 N–H and O–H groups in total. The van der Waals surface area contributed by atoms with Crippen molar-refractivity contribution in [2.24, 2.45) is 0 Å². The maximum Gasteiger partial charge on any atom is 0.256 e. The van der Waals surface area contributed by atoms with Gasteiger partial charge in [-0.2, -0.15) is 0 Å². The topological polar surface area (TPSA) is 47.6 Å². The number of nitrogens with one attached hydrogen (secondary N) is 1. The summed E-state index contributed by atoms with van der Waals surface area (Å²) in [6.45, 7) is 12.4. The number of hydrogen-bond donors (Lipinski definition) is 1. The molecule has 0 aliphatic carbocycles. The monoisotopic (exact) mass is 307 g/mol. The summed E-state index contributed by atoms with van der Waals surface area (Å²) in [5, 5.41) is 2.94. The highest BCUT2D eigenvalue weighted by Gasteiger charge is 2.32. The van der Waals surface area contributed by atoms with Crippen LogP contribution in [0.2, 0.25) is 0 Å². The summed E-state index contributed by atoms with van der Waals surface area (Å²) >= 11 is 0. The Balaban J connectivity index is 2.81. The summed E-state index contributed by atoms with van der Waals surface area (Å²) in [5.74, 6) is 0.730. The number of carbonyl (C=O) groups excluding carboxylic acids is 1. The standard InChI is InChI=1S/C18H29NO3/c1-7-11-21-18(6,8-2)17(20)19-15-9-10-16(14(5)12-15)22-13(3)4/h9-10,12-13H,7-8,11H2,1-6H3,(H,19,20)/t18-/m1/s1. The number of hydrogen-bond acceptors (Lipinski definition) is 3. The average molecular weight is 307 g/mol. The quantitative estimate of drug-likeness (QED) is 0.778. The van der Waals surface area contributed by atoms with E-state index in [0.717, 1.165) is 23.4 Å². The van der Waals surface area contributed by atoms with Crippen molar-refractivity contribution in [2.45, 2.75) is 66.1 Å². The van der Waals surface area contributed by atoms with Crippen LogP contribution in [0, 0.1) is 6.92 Å². The lowest BCUT2D eigenvalue weighted by atomic mass is 10.0. The van der Waals surface area contributed by atoms with Crippen LogP contribution < -0.4 is 10.1 Å². The molecule has 22 heavy (non-hydrogen) atoms. The van der Waals surface area contributed by atoms with Crippen molar-refractivity contribution < 1.29 is 14.3 Å². The zero-order valence-electron chi connectivity index (χ0n) is 14.7. The van der Waals surface area contributed by atoms with E-state index < -0.39 is 5.60 Å². The number of aryl methyl sites for hydroxylation is 1. The lowest BCUT2D eigenvalue weighted by Gasteiger charge is -2.27. The molecular formula is C18H29NO3. The van der Waals surface area contributed by atoms with Gasteiger partial charge in [-0.05, 0) is 64.3 Å². The Hall–Kier alpha value is -1.55. The molecule has 1 atom stereocenters. The molecule has 0 heterocycles. The highest BCUT2D eigenvalue weighted by Crippen LogP contribution is 2.25. The number of amides is 1. The molecule has 0 spiro atoms. The van der Waals surface area contributed by atoms with Gasteiger partial charge >= 0.3 is 0 Å². The second-order valence-corrected chi connectivity index (χ2v) is 6.03. The van der Waals surface area contributed by atoms with Gasteiger partial charge in [-0.15, -0.1) is 0 Å². The zero-order chi connectivity index (χ0) is 16.8. The number of benzene rings is 1. The minimum atomic E-state index is -0.795. The molecule has 0 aliphatic heterocycles. The summed E-state index contributed by atoms with van der Waals surface area (Å²) in [7, 11) is 0. The van der Waals surface area contributed by atoms with Crippen molar-refractivity contribution in [3.63, 3.8) is 0 Å². The van der Waals surface area contributed by atoms with Crippen LogP contribution in [0.4, 0.5) is 5.69 Å². The van der Waals surface area contributed by atoms with E-state index in [9.17, 15) is 4.79 Å². The van der Waals surface area contributed by atoms with Crippen LogP contribution in [-0.2, 0) is 9.53 Å². The summed E-state index contributed by atoms with van der Waals surface area (Å²) < 4.78 is 11.4. The molecule has 124 valence electrons. The molecule has 1 amide bonds. The second kappa shape index (κ2) is 8.18. The molecule has 0 aromatic heterocycles. The zero-order valence-corrected chi connectivity index (χ0v) is 14.7. The first kappa shape index (κ1) is 18.5. The Morgan fingerprint density at radius 2 is 2.00 bits per heavy atom. The maximum atomic E-state index is 12.5. The van der Waals surface area contributed by atoms with Crippen LogP contribution in [0.25, 0.3) is 0 Å². The Morgan fingerprint density at radius 1 is 1.32 bits per heavy atom. The van der Waals surface area contributed by atoms with E-state index in [0.29, 0.717) is 13.0 Å². The summed E-state index contributed by atoms with van der Waals surface area (Å²) in [5.41, 5.74) is 0.967. The lowest BCUT2D eigenvalue weighted by molar-refractivity contribution is -0.139. The van der Waals surface area contributed by atoms with Gasteiger partial charge in [0.25, 0.3) is 5.91 Å². The van der Waals surface area contributed by atoms with E-state index in [2.05, 4.69) is 5.32 Å². The third-order valence-corrected chi connectivity index (χ3v) is 3.58. The molecule has 0 saturated carbocycles. The largest absolute Gasteiger partial charge is 0.491 e. The fourth-order valence-electron chi connectivity index (χ4n) is 2.03. The molecule has 0 aliphatic rings. The molecule has 0 bridgehead atoms. The highest BCUT2D eigenvalue weighted by molar-refractivity contribution is 5.97. The molecule has 0 radical (unpaired) electrons. The average Bonchev–Trinajstić information content (AvgIpc) is 2.47. The van der Waals surface area contributed by atoms with E-state index in [1.54, 1.807) is 0 Å². The number of ether oxygens (including phenoxy) is 2. The second-order valence-electron chi connectivity index (χ2n) is 6.03. The van der Waals surface area contributed by atoms with Crippen molar-refractivity contribution >= 4 is 11.6 Å². The fourth-order valence-corrected chi connectivity index (χ4v) is 2.03. The molecule has 0 fully saturated rings. The number of carbonyl (C=O) groups is 1. The molecule has 1 aromatic carbocycles. The number of rotatable bonds is 8. The highest BCUT2D eigenvalue weighted by atomic mass is 16.5. The SMILES string of the molecule is CCCO[C@](C)(CC)C(=O)Nc1ccc(OC(C)C)c(C)c1. The molecule has 1 rings (SSSR count). The van der Waals surface area contributed by atoms with Crippen molar-refractivity contribution in [3.8, 4) is 5.75 Å². The minimum Gasteiger partial charge on any atom is -0.491 e. The first-order chi connectivity index (χ1) is 10.3. The van der Waals surface area contributed by atoms with Gasteiger partial charge in [-0.1, -0.05) is 13.8 Å². The van der Waals surface area contributed by atoms with Crippen LogP contribution in [0.1, 0.15) is 53.0 Å². The van der Waals surface area contributed by atoms with Gasteiger partial charge in [0.15, 0.2) is 0 Å². The van der Waals surface area contributed by atoms with Gasteiger partial charge in [0, 0.05) is 12.3 Å². The van der Waals surface area contributed by atoms with E-state index in [1.807, 2.05) is 59.7 Å². The minimum absolute atomic E-state index is 0.111. The molecule has 4 nitrogen and oxygen atoms in total. The first-order valence-electron chi connectivity index (χ1n) is 8.05. The Morgan fingerprint density at radius 3 is 2.50 bits per heavy atom. The summed E-state index contributed by atoms with van der Waals surface area (Å²) in [6, 6.07) is 5.67. The van der Waals surface area contributed by atoms with Crippen molar-refractivity contribution in [1.82, 2.24) is 0 Å². The van der Waals surface area contributed by atoms with E-state index in [-0.39, 0.29) is 12.0 Å². The van der Waals surface area contributed by atoms with E-state index >= 15 is 0 Å². The van der Waals surface area contributed by atoms with Crippen molar-refractivity contribution in [1.29, 1.82) is 0 Å². The van der Waals surface area contributed by atoms with Crippen LogP contribution in [-0.4, -0.2) is 24.2 Å². The van der Waals surface area contributed by atoms with Gasteiger partial charge in [-0.25, -0.2) is 0 Å². The molecule has 1 aromatic rings. The molecule has 0 unspecified atom stereocenters. The van der Waals surface area contributed by atoms with E-state index in [1.165, 1.54) is 0 Å². The smallest absolute Gasteiger partial charge is 0.256 e. The Kier molecular flexibility index (Phi) is 6.88. The lowest BCUT2D eigenvalue weighted by Crippen LogP contribution is -2.42. The van der Waals surface area contributed by atoms with Crippen LogP contribution in [0.15, 0.2) is 18.2 Å². The van der Waals surface area contributed by atoms with Crippen LogP contribution in [0.5, 0.6) is 5.75 Å². The molecular weight excluding hydrogens is 278 g/mol. The van der Waals surface area contributed by atoms with Gasteiger partial charge in [0.1, 0.15) is 11.4 Å². The molecule has 4 heteroatoms. The van der Waals surface area contributed by atoms with Crippen molar-refractivity contribution in [3.05, 3.63) is 23.8 Å². The number of anilines is 1. The van der Waals surface area contributed by atoms with Crippen LogP contribution in [0.3, 0.4) is 0 Å². The Labute approximate surface area is 134 Å². The summed E-state index contributed by atoms with van der Waals surface area (Å²) in [4.78, 5) is 12.5. The third-order valence-electron chi connectivity index (χ3n) is 3.58. The van der Waals surface area contributed by atoms with Crippen molar-refractivity contribution in [2.75, 3.05) is 11.9 Å². The van der Waals surface area contributed by atoms with E-state index in [4.69, 9.17) is 9.47 Å². The third kappa shape index (κ3) is 5.02. The summed E-state index contributed by atoms with van der Waals surface area (Å²) in [6.07, 6.45) is 1.65. The fraction of sp³-hybridized carbons (Fsp3) is 0.611. The normalized spacial score (nSPS) is 13.8. The predicted molar refractivity (Wildman–Crippen MR) is 90.5 cm³/mol. The van der Waals surface area contributed by atoms with Crippen LogP contribution >= 0.6 is 0 Å². The van der Waals surface area contributed by atoms with Gasteiger partial charge < -0.3 is 14.8 Å².